The normalized spacial score (nSPS) is 10.4. The second-order valence-electron chi connectivity index (χ2n) is 5.15. The summed E-state index contributed by atoms with van der Waals surface area (Å²) in [5.74, 6) is -0.716. The van der Waals surface area contributed by atoms with Gasteiger partial charge in [-0.1, -0.05) is 53.9 Å². The summed E-state index contributed by atoms with van der Waals surface area (Å²) in [6, 6.07) is 10.0. The first kappa shape index (κ1) is 19.6. The third-order valence-electron chi connectivity index (χ3n) is 3.25. The van der Waals surface area contributed by atoms with Gasteiger partial charge >= 0.3 is 11.9 Å². The van der Waals surface area contributed by atoms with Crippen LogP contribution in [-0.2, 0) is 16.0 Å². The second kappa shape index (κ2) is 9.09. The molecule has 0 atom stereocenters. The predicted molar refractivity (Wildman–Crippen MR) is 97.8 cm³/mol. The average molecular weight is 402 g/mol. The largest absolute Gasteiger partial charge is 0.427 e. The molecule has 0 N–H and O–H groups in total. The smallest absolute Gasteiger partial charge is 0.311 e. The standard InChI is InChI=1S/C18H15Cl3O4/c1-2-11-4-3-5-13(8-11)24-16(22)6-7-17(23)25-18-14(20)9-12(19)10-15(18)21/h3-5,8-10H,2,6-7H2,1H3. The minimum atomic E-state index is -0.648. The van der Waals surface area contributed by atoms with Crippen molar-refractivity contribution in [3.63, 3.8) is 0 Å². The van der Waals surface area contributed by atoms with E-state index in [4.69, 9.17) is 44.3 Å². The molecule has 0 spiro atoms. The topological polar surface area (TPSA) is 52.6 Å². The van der Waals surface area contributed by atoms with Gasteiger partial charge in [0.05, 0.1) is 22.9 Å². The Labute approximate surface area is 160 Å². The Morgan fingerprint density at radius 3 is 2.12 bits per heavy atom. The third kappa shape index (κ3) is 5.92. The van der Waals surface area contributed by atoms with Gasteiger partial charge in [-0.05, 0) is 36.2 Å². The molecule has 2 aromatic carbocycles. The molecule has 0 aliphatic rings. The van der Waals surface area contributed by atoms with E-state index in [1.807, 2.05) is 13.0 Å². The summed E-state index contributed by atoms with van der Waals surface area (Å²) in [6.07, 6.45) is 0.542. The maximum Gasteiger partial charge on any atom is 0.311 e. The third-order valence-corrected chi connectivity index (χ3v) is 4.03. The van der Waals surface area contributed by atoms with Gasteiger partial charge in [0.1, 0.15) is 5.75 Å². The van der Waals surface area contributed by atoms with Crippen molar-refractivity contribution in [2.45, 2.75) is 26.2 Å². The first-order valence-electron chi connectivity index (χ1n) is 7.54. The molecule has 0 amide bonds. The van der Waals surface area contributed by atoms with Crippen molar-refractivity contribution in [3.05, 3.63) is 57.0 Å². The zero-order chi connectivity index (χ0) is 18.4. The van der Waals surface area contributed by atoms with Crippen LogP contribution >= 0.6 is 34.8 Å². The molecule has 2 rings (SSSR count). The molecule has 0 aliphatic heterocycles. The van der Waals surface area contributed by atoms with Gasteiger partial charge in [-0.2, -0.15) is 0 Å². The molecular formula is C18H15Cl3O4. The summed E-state index contributed by atoms with van der Waals surface area (Å²) >= 11 is 17.7. The van der Waals surface area contributed by atoms with Gasteiger partial charge < -0.3 is 9.47 Å². The molecule has 0 aromatic heterocycles. The van der Waals surface area contributed by atoms with Crippen LogP contribution in [0, 0.1) is 0 Å². The van der Waals surface area contributed by atoms with Crippen LogP contribution in [0.2, 0.25) is 15.1 Å². The summed E-state index contributed by atoms with van der Waals surface area (Å²) in [4.78, 5) is 23.7. The fourth-order valence-corrected chi connectivity index (χ4v) is 2.90. The fraction of sp³-hybridized carbons (Fsp3) is 0.222. The minimum absolute atomic E-state index is 0.0155. The van der Waals surface area contributed by atoms with E-state index in [0.717, 1.165) is 12.0 Å². The molecule has 0 saturated heterocycles. The predicted octanol–water partition coefficient (Wildman–Crippen LogP) is 5.50. The molecule has 0 aliphatic carbocycles. The van der Waals surface area contributed by atoms with Crippen LogP contribution in [-0.4, -0.2) is 11.9 Å². The number of hydrogen-bond donors (Lipinski definition) is 0. The number of hydrogen-bond acceptors (Lipinski definition) is 4. The van der Waals surface area contributed by atoms with Crippen LogP contribution in [0.15, 0.2) is 36.4 Å². The van der Waals surface area contributed by atoms with Gasteiger partial charge in [-0.15, -0.1) is 0 Å². The van der Waals surface area contributed by atoms with Crippen molar-refractivity contribution < 1.29 is 19.1 Å². The van der Waals surface area contributed by atoms with Crippen LogP contribution in [0.25, 0.3) is 0 Å². The van der Waals surface area contributed by atoms with E-state index >= 15 is 0 Å². The lowest BCUT2D eigenvalue weighted by Gasteiger charge is -2.09. The highest BCUT2D eigenvalue weighted by Gasteiger charge is 2.16. The van der Waals surface area contributed by atoms with Gasteiger partial charge in [0.25, 0.3) is 0 Å². The van der Waals surface area contributed by atoms with E-state index in [1.165, 1.54) is 12.1 Å². The first-order chi connectivity index (χ1) is 11.9. The summed E-state index contributed by atoms with van der Waals surface area (Å²) < 4.78 is 10.3. The number of carbonyl (C=O) groups is 2. The van der Waals surface area contributed by atoms with Crippen LogP contribution < -0.4 is 9.47 Å². The number of carbonyl (C=O) groups excluding carboxylic acids is 2. The van der Waals surface area contributed by atoms with Crippen molar-refractivity contribution in [2.75, 3.05) is 0 Å². The molecule has 0 unspecified atom stereocenters. The molecule has 0 bridgehead atoms. The minimum Gasteiger partial charge on any atom is -0.427 e. The van der Waals surface area contributed by atoms with E-state index in [1.54, 1.807) is 18.2 Å². The maximum atomic E-state index is 11.9. The summed E-state index contributed by atoms with van der Waals surface area (Å²) in [6.45, 7) is 2.00. The first-order valence-corrected chi connectivity index (χ1v) is 8.67. The molecule has 2 aromatic rings. The Bertz CT molecular complexity index is 767. The maximum absolute atomic E-state index is 11.9. The van der Waals surface area contributed by atoms with Crippen molar-refractivity contribution in [1.29, 1.82) is 0 Å². The quantitative estimate of drug-likeness (QED) is 0.474. The zero-order valence-electron chi connectivity index (χ0n) is 13.4. The number of rotatable bonds is 6. The van der Waals surface area contributed by atoms with E-state index in [9.17, 15) is 9.59 Å². The Morgan fingerprint density at radius 2 is 1.52 bits per heavy atom. The van der Waals surface area contributed by atoms with E-state index in [-0.39, 0.29) is 28.6 Å². The van der Waals surface area contributed by atoms with Crippen molar-refractivity contribution in [2.24, 2.45) is 0 Å². The summed E-state index contributed by atoms with van der Waals surface area (Å²) in [5.41, 5.74) is 1.05. The fourth-order valence-electron chi connectivity index (χ4n) is 2.01. The second-order valence-corrected chi connectivity index (χ2v) is 6.40. The lowest BCUT2D eigenvalue weighted by atomic mass is 10.2. The van der Waals surface area contributed by atoms with E-state index < -0.39 is 11.9 Å². The highest BCUT2D eigenvalue weighted by atomic mass is 35.5. The molecule has 4 nitrogen and oxygen atoms in total. The van der Waals surface area contributed by atoms with Gasteiger partial charge in [-0.3, -0.25) is 9.59 Å². The molecule has 0 heterocycles. The Hall–Kier alpha value is -1.75. The lowest BCUT2D eigenvalue weighted by molar-refractivity contribution is -0.140. The molecule has 7 heteroatoms. The number of ether oxygens (including phenoxy) is 2. The van der Waals surface area contributed by atoms with Gasteiger partial charge in [-0.25, -0.2) is 0 Å². The molecule has 0 radical (unpaired) electrons. The van der Waals surface area contributed by atoms with Crippen LogP contribution in [0.1, 0.15) is 25.3 Å². The average Bonchev–Trinajstić information content (AvgIpc) is 2.56. The van der Waals surface area contributed by atoms with Crippen LogP contribution in [0.5, 0.6) is 11.5 Å². The van der Waals surface area contributed by atoms with Gasteiger partial charge in [0.2, 0.25) is 0 Å². The van der Waals surface area contributed by atoms with E-state index in [2.05, 4.69) is 0 Å². The summed E-state index contributed by atoms with van der Waals surface area (Å²) in [7, 11) is 0. The summed E-state index contributed by atoms with van der Waals surface area (Å²) in [5, 5.41) is 0.558. The number of aryl methyl sites for hydroxylation is 1. The Balaban J connectivity index is 1.88. The highest BCUT2D eigenvalue weighted by Crippen LogP contribution is 2.36. The van der Waals surface area contributed by atoms with Crippen molar-refractivity contribution >= 4 is 46.7 Å². The number of esters is 2. The number of benzene rings is 2. The molecule has 25 heavy (non-hydrogen) atoms. The SMILES string of the molecule is CCc1cccc(OC(=O)CCC(=O)Oc2c(Cl)cc(Cl)cc2Cl)c1. The molecule has 0 fully saturated rings. The Kier molecular flexibility index (Phi) is 7.12. The van der Waals surface area contributed by atoms with Crippen molar-refractivity contribution in [3.8, 4) is 11.5 Å². The van der Waals surface area contributed by atoms with Gasteiger partial charge in [0, 0.05) is 5.02 Å². The zero-order valence-corrected chi connectivity index (χ0v) is 15.6. The molecule has 0 saturated carbocycles. The highest BCUT2D eigenvalue weighted by molar-refractivity contribution is 6.40. The number of halogens is 3. The van der Waals surface area contributed by atoms with Crippen molar-refractivity contribution in [1.82, 2.24) is 0 Å². The monoisotopic (exact) mass is 400 g/mol. The lowest BCUT2D eigenvalue weighted by Crippen LogP contribution is -2.14. The molecule has 132 valence electrons. The van der Waals surface area contributed by atoms with Crippen LogP contribution in [0.4, 0.5) is 0 Å². The Morgan fingerprint density at radius 1 is 0.920 bits per heavy atom. The van der Waals surface area contributed by atoms with Gasteiger partial charge in [0.15, 0.2) is 5.75 Å². The molecular weight excluding hydrogens is 387 g/mol. The van der Waals surface area contributed by atoms with Crippen LogP contribution in [0.3, 0.4) is 0 Å². The van der Waals surface area contributed by atoms with E-state index in [0.29, 0.717) is 10.8 Å².